The van der Waals surface area contributed by atoms with Gasteiger partial charge in [0.1, 0.15) is 5.82 Å². The number of hydrogen-bond acceptors (Lipinski definition) is 4. The Morgan fingerprint density at radius 1 is 1.06 bits per heavy atom. The smallest absolute Gasteiger partial charge is 0.354 e. The first kappa shape index (κ1) is 21.9. The lowest BCUT2D eigenvalue weighted by Gasteiger charge is -2.31. The second-order valence-corrected chi connectivity index (χ2v) is 8.33. The van der Waals surface area contributed by atoms with E-state index in [1.54, 1.807) is 0 Å². The molecule has 0 saturated carbocycles. The molecule has 9 heteroatoms. The molecule has 1 aromatic carbocycles. The molecule has 31 heavy (non-hydrogen) atoms. The zero-order valence-electron chi connectivity index (χ0n) is 17.0. The summed E-state index contributed by atoms with van der Waals surface area (Å²) in [5.41, 5.74) is 1.34. The van der Waals surface area contributed by atoms with E-state index in [0.29, 0.717) is 32.0 Å². The monoisotopic (exact) mass is 452 g/mol. The molecule has 1 amide bonds. The number of hydrogen-bond donors (Lipinski definition) is 0. The highest BCUT2D eigenvalue weighted by Gasteiger charge is 2.32. The predicted molar refractivity (Wildman–Crippen MR) is 115 cm³/mol. The Labute approximate surface area is 184 Å². The Morgan fingerprint density at radius 2 is 1.87 bits per heavy atom. The number of pyridine rings is 1. The topological polar surface area (TPSA) is 39.7 Å². The van der Waals surface area contributed by atoms with Crippen LogP contribution in [0.4, 0.5) is 24.7 Å². The van der Waals surface area contributed by atoms with Crippen molar-refractivity contribution in [3.63, 3.8) is 0 Å². The van der Waals surface area contributed by atoms with E-state index in [1.165, 1.54) is 5.56 Å². The fourth-order valence-corrected chi connectivity index (χ4v) is 4.51. The van der Waals surface area contributed by atoms with Crippen LogP contribution in [0, 0.1) is 0 Å². The molecule has 0 N–H and O–H groups in total. The molecule has 0 unspecified atom stereocenters. The largest absolute Gasteiger partial charge is 0.417 e. The normalized spacial score (nSPS) is 17.9. The van der Waals surface area contributed by atoms with Crippen molar-refractivity contribution in [1.29, 1.82) is 0 Å². The SMILES string of the molecule is O=C(CN1CCCN(c2ncc(C(F)(F)F)cc2Cl)CC1)N1CCCc2ccccc21. The van der Waals surface area contributed by atoms with Crippen LogP contribution in [0.2, 0.25) is 5.02 Å². The van der Waals surface area contributed by atoms with Gasteiger partial charge in [-0.3, -0.25) is 9.69 Å². The summed E-state index contributed by atoms with van der Waals surface area (Å²) in [7, 11) is 0. The third kappa shape index (κ3) is 4.96. The number of amides is 1. The third-order valence-corrected chi connectivity index (χ3v) is 6.09. The Morgan fingerprint density at radius 3 is 2.65 bits per heavy atom. The van der Waals surface area contributed by atoms with Gasteiger partial charge in [0, 0.05) is 44.6 Å². The molecule has 0 bridgehead atoms. The van der Waals surface area contributed by atoms with Crippen LogP contribution < -0.4 is 9.80 Å². The van der Waals surface area contributed by atoms with Crippen molar-refractivity contribution in [2.75, 3.05) is 49.1 Å². The van der Waals surface area contributed by atoms with Crippen LogP contribution in [0.3, 0.4) is 0 Å². The lowest BCUT2D eigenvalue weighted by atomic mass is 10.0. The highest BCUT2D eigenvalue weighted by atomic mass is 35.5. The molecule has 2 aliphatic rings. The Hall–Kier alpha value is -2.32. The first-order chi connectivity index (χ1) is 14.8. The molecule has 1 fully saturated rings. The van der Waals surface area contributed by atoms with E-state index in [1.807, 2.05) is 28.0 Å². The quantitative estimate of drug-likeness (QED) is 0.698. The fraction of sp³-hybridized carbons (Fsp3) is 0.455. The van der Waals surface area contributed by atoms with Gasteiger partial charge in [0.05, 0.1) is 17.1 Å². The summed E-state index contributed by atoms with van der Waals surface area (Å²) in [5, 5.41) is -0.00993. The number of alkyl halides is 3. The average Bonchev–Trinajstić information content (AvgIpc) is 2.98. The van der Waals surface area contributed by atoms with Crippen LogP contribution in [-0.4, -0.2) is 55.1 Å². The zero-order valence-corrected chi connectivity index (χ0v) is 17.8. The van der Waals surface area contributed by atoms with E-state index in [9.17, 15) is 18.0 Å². The summed E-state index contributed by atoms with van der Waals surface area (Å²) in [5.74, 6) is 0.430. The lowest BCUT2D eigenvalue weighted by Crippen LogP contribution is -2.43. The Kier molecular flexibility index (Phi) is 6.39. The molecule has 0 atom stereocenters. The van der Waals surface area contributed by atoms with Crippen molar-refractivity contribution in [1.82, 2.24) is 9.88 Å². The van der Waals surface area contributed by atoms with E-state index in [-0.39, 0.29) is 10.9 Å². The number of benzene rings is 1. The number of aryl methyl sites for hydroxylation is 1. The molecule has 1 aromatic heterocycles. The number of anilines is 2. The van der Waals surface area contributed by atoms with Gasteiger partial charge >= 0.3 is 6.18 Å². The minimum Gasteiger partial charge on any atom is -0.354 e. The molecular weight excluding hydrogens is 429 g/mol. The summed E-state index contributed by atoms with van der Waals surface area (Å²) in [6.45, 7) is 3.55. The van der Waals surface area contributed by atoms with Gasteiger partial charge in [-0.25, -0.2) is 4.98 Å². The molecule has 0 aliphatic carbocycles. The van der Waals surface area contributed by atoms with Crippen molar-refractivity contribution >= 4 is 29.0 Å². The molecule has 4 rings (SSSR count). The highest BCUT2D eigenvalue weighted by Crippen LogP contribution is 2.34. The van der Waals surface area contributed by atoms with Gasteiger partial charge in [0.15, 0.2) is 0 Å². The van der Waals surface area contributed by atoms with Crippen molar-refractivity contribution in [3.8, 4) is 0 Å². The van der Waals surface area contributed by atoms with E-state index in [4.69, 9.17) is 11.6 Å². The zero-order chi connectivity index (χ0) is 22.0. The van der Waals surface area contributed by atoms with Gasteiger partial charge in [-0.2, -0.15) is 13.2 Å². The van der Waals surface area contributed by atoms with Gasteiger partial charge < -0.3 is 9.80 Å². The maximum atomic E-state index is 13.0. The maximum absolute atomic E-state index is 13.0. The summed E-state index contributed by atoms with van der Waals surface area (Å²) in [6.07, 6.45) is -0.948. The Balaban J connectivity index is 1.39. The number of nitrogens with zero attached hydrogens (tertiary/aromatic N) is 4. The van der Waals surface area contributed by atoms with Crippen molar-refractivity contribution in [3.05, 3.63) is 52.7 Å². The first-order valence-corrected chi connectivity index (χ1v) is 10.8. The lowest BCUT2D eigenvalue weighted by molar-refractivity contribution is -0.137. The molecule has 2 aliphatic heterocycles. The minimum absolute atomic E-state index is 0.00993. The van der Waals surface area contributed by atoms with Gasteiger partial charge in [0.2, 0.25) is 5.91 Å². The van der Waals surface area contributed by atoms with Crippen molar-refractivity contribution in [2.45, 2.75) is 25.4 Å². The number of para-hydroxylation sites is 1. The fourth-order valence-electron chi connectivity index (χ4n) is 4.23. The molecule has 2 aromatic rings. The maximum Gasteiger partial charge on any atom is 0.417 e. The standard InChI is InChI=1S/C22H24ClF3N4O/c23-18-13-17(22(24,25)26)14-27-21(18)29-9-4-8-28(11-12-29)15-20(31)30-10-3-6-16-5-1-2-7-19(16)30/h1-2,5,7,13-14H,3-4,6,8-12,15H2. The number of fused-ring (bicyclic) bond motifs is 1. The molecule has 1 saturated heterocycles. The van der Waals surface area contributed by atoms with Crippen LogP contribution in [0.15, 0.2) is 36.5 Å². The number of rotatable bonds is 3. The van der Waals surface area contributed by atoms with Crippen LogP contribution >= 0.6 is 11.6 Å². The van der Waals surface area contributed by atoms with Crippen molar-refractivity contribution < 1.29 is 18.0 Å². The summed E-state index contributed by atoms with van der Waals surface area (Å²) in [6, 6.07) is 8.93. The number of carbonyl (C=O) groups excluding carboxylic acids is 1. The van der Waals surface area contributed by atoms with E-state index < -0.39 is 11.7 Å². The molecule has 166 valence electrons. The Bertz CT molecular complexity index is 953. The third-order valence-electron chi connectivity index (χ3n) is 5.81. The van der Waals surface area contributed by atoms with Crippen LogP contribution in [-0.2, 0) is 17.4 Å². The average molecular weight is 453 g/mol. The van der Waals surface area contributed by atoms with Gasteiger partial charge in [0.25, 0.3) is 0 Å². The molecule has 3 heterocycles. The predicted octanol–water partition coefficient (Wildman–Crippen LogP) is 4.25. The van der Waals surface area contributed by atoms with Crippen LogP contribution in [0.1, 0.15) is 24.0 Å². The van der Waals surface area contributed by atoms with Gasteiger partial charge in [-0.05, 0) is 37.0 Å². The molecule has 0 spiro atoms. The number of halogens is 4. The van der Waals surface area contributed by atoms with Crippen LogP contribution in [0.25, 0.3) is 0 Å². The number of carbonyl (C=O) groups is 1. The summed E-state index contributed by atoms with van der Waals surface area (Å²) >= 11 is 6.11. The molecule has 5 nitrogen and oxygen atoms in total. The van der Waals surface area contributed by atoms with E-state index in [2.05, 4.69) is 16.0 Å². The summed E-state index contributed by atoms with van der Waals surface area (Å²) < 4.78 is 38.6. The molecule has 0 radical (unpaired) electrons. The van der Waals surface area contributed by atoms with Crippen molar-refractivity contribution in [2.24, 2.45) is 0 Å². The molecular formula is C22H24ClF3N4O. The highest BCUT2D eigenvalue weighted by molar-refractivity contribution is 6.33. The van der Waals surface area contributed by atoms with E-state index >= 15 is 0 Å². The van der Waals surface area contributed by atoms with E-state index in [0.717, 1.165) is 50.3 Å². The second-order valence-electron chi connectivity index (χ2n) is 7.92. The van der Waals surface area contributed by atoms with Gasteiger partial charge in [-0.1, -0.05) is 29.8 Å². The first-order valence-electron chi connectivity index (χ1n) is 10.4. The summed E-state index contributed by atoms with van der Waals surface area (Å²) in [4.78, 5) is 22.8. The van der Waals surface area contributed by atoms with Crippen LogP contribution in [0.5, 0.6) is 0 Å². The number of aromatic nitrogens is 1. The van der Waals surface area contributed by atoms with Gasteiger partial charge in [-0.15, -0.1) is 0 Å². The minimum atomic E-state index is -4.47. The second kappa shape index (κ2) is 9.04.